The van der Waals surface area contributed by atoms with Crippen molar-refractivity contribution in [2.24, 2.45) is 5.92 Å². The molecule has 1 aliphatic rings. The zero-order valence-electron chi connectivity index (χ0n) is 14.7. The molecule has 26 heavy (non-hydrogen) atoms. The van der Waals surface area contributed by atoms with Gasteiger partial charge in [-0.15, -0.1) is 12.4 Å². The zero-order valence-corrected chi connectivity index (χ0v) is 15.5. The number of likely N-dealkylation sites (tertiary alicyclic amines) is 1. The molecule has 2 N–H and O–H groups in total. The number of amides is 2. The summed E-state index contributed by atoms with van der Waals surface area (Å²) in [6.45, 7) is 2.98. The maximum atomic E-state index is 13.1. The number of hydrogen-bond donors (Lipinski definition) is 2. The quantitative estimate of drug-likeness (QED) is 0.826. The molecule has 1 aromatic rings. The van der Waals surface area contributed by atoms with Crippen molar-refractivity contribution >= 4 is 29.9 Å². The normalized spacial score (nSPS) is 17.4. The molecular weight excluding hydrogens is 371 g/mol. The molecular formula is C17H23ClF3N3O2. The van der Waals surface area contributed by atoms with Gasteiger partial charge in [-0.05, 0) is 50.6 Å². The van der Waals surface area contributed by atoms with Crippen molar-refractivity contribution in [1.82, 2.24) is 10.2 Å². The van der Waals surface area contributed by atoms with Gasteiger partial charge in [-0.25, -0.2) is 0 Å². The summed E-state index contributed by atoms with van der Waals surface area (Å²) < 4.78 is 39.3. The number of carbonyl (C=O) groups is 2. The van der Waals surface area contributed by atoms with E-state index in [4.69, 9.17) is 0 Å². The Balaban J connectivity index is 0.00000338. The summed E-state index contributed by atoms with van der Waals surface area (Å²) in [7, 11) is 1.83. The number of nitrogens with one attached hydrogen (secondary N) is 2. The van der Waals surface area contributed by atoms with Gasteiger partial charge in [-0.2, -0.15) is 13.2 Å². The Bertz CT molecular complexity index is 651. The van der Waals surface area contributed by atoms with Gasteiger partial charge >= 0.3 is 6.18 Å². The predicted octanol–water partition coefficient (Wildman–Crippen LogP) is 3.16. The minimum atomic E-state index is -4.60. The van der Waals surface area contributed by atoms with Crippen LogP contribution >= 0.6 is 12.4 Å². The Kier molecular flexibility index (Phi) is 7.89. The molecule has 0 aromatic heterocycles. The first-order chi connectivity index (χ1) is 11.7. The summed E-state index contributed by atoms with van der Waals surface area (Å²) in [5.41, 5.74) is -1.05. The smallest absolute Gasteiger partial charge is 0.338 e. The number of hydrogen-bond acceptors (Lipinski definition) is 3. The van der Waals surface area contributed by atoms with Crippen LogP contribution in [-0.4, -0.2) is 43.4 Å². The van der Waals surface area contributed by atoms with E-state index in [2.05, 4.69) is 10.6 Å². The summed E-state index contributed by atoms with van der Waals surface area (Å²) in [4.78, 5) is 25.5. The fourth-order valence-corrected chi connectivity index (χ4v) is 3.08. The van der Waals surface area contributed by atoms with E-state index < -0.39 is 23.6 Å². The van der Waals surface area contributed by atoms with Crippen molar-refractivity contribution in [1.29, 1.82) is 0 Å². The molecule has 1 heterocycles. The van der Waals surface area contributed by atoms with E-state index in [0.717, 1.165) is 31.5 Å². The molecule has 9 heteroatoms. The molecule has 1 aliphatic heterocycles. The number of piperidine rings is 1. The minimum Gasteiger partial charge on any atom is -0.338 e. The molecule has 0 radical (unpaired) electrons. The fraction of sp³-hybridized carbons (Fsp3) is 0.529. The summed E-state index contributed by atoms with van der Waals surface area (Å²) in [5.74, 6) is -0.661. The highest BCUT2D eigenvalue weighted by Crippen LogP contribution is 2.32. The van der Waals surface area contributed by atoms with E-state index in [9.17, 15) is 22.8 Å². The Morgan fingerprint density at radius 1 is 1.27 bits per heavy atom. The van der Waals surface area contributed by atoms with Crippen LogP contribution in [0.15, 0.2) is 18.2 Å². The molecule has 1 saturated heterocycles. The molecule has 146 valence electrons. The van der Waals surface area contributed by atoms with Crippen LogP contribution in [0.2, 0.25) is 0 Å². The van der Waals surface area contributed by atoms with Crippen molar-refractivity contribution in [2.75, 3.05) is 32.0 Å². The summed E-state index contributed by atoms with van der Waals surface area (Å²) in [5, 5.41) is 5.39. The van der Waals surface area contributed by atoms with Crippen molar-refractivity contribution < 1.29 is 22.8 Å². The van der Waals surface area contributed by atoms with Crippen molar-refractivity contribution in [3.05, 3.63) is 29.3 Å². The molecule has 1 unspecified atom stereocenters. The third kappa shape index (κ3) is 5.88. The van der Waals surface area contributed by atoms with Crippen molar-refractivity contribution in [2.45, 2.75) is 25.9 Å². The Morgan fingerprint density at radius 3 is 2.54 bits per heavy atom. The first kappa shape index (κ1) is 22.2. The van der Waals surface area contributed by atoms with Crippen LogP contribution in [-0.2, 0) is 11.0 Å². The first-order valence-corrected chi connectivity index (χ1v) is 8.14. The van der Waals surface area contributed by atoms with Gasteiger partial charge in [0.2, 0.25) is 5.91 Å². The second-order valence-corrected chi connectivity index (χ2v) is 6.30. The summed E-state index contributed by atoms with van der Waals surface area (Å²) >= 11 is 0. The third-order valence-corrected chi connectivity index (χ3v) is 4.13. The van der Waals surface area contributed by atoms with Gasteiger partial charge in [0.1, 0.15) is 0 Å². The average Bonchev–Trinajstić information content (AvgIpc) is 2.53. The molecule has 2 amide bonds. The van der Waals surface area contributed by atoms with Crippen LogP contribution in [0.3, 0.4) is 0 Å². The van der Waals surface area contributed by atoms with Gasteiger partial charge in [0.05, 0.1) is 5.56 Å². The molecule has 5 nitrogen and oxygen atoms in total. The molecule has 0 bridgehead atoms. The molecule has 0 aliphatic carbocycles. The number of carbonyl (C=O) groups excluding carboxylic acids is 2. The lowest BCUT2D eigenvalue weighted by molar-refractivity contribution is -0.137. The van der Waals surface area contributed by atoms with Crippen LogP contribution in [0.4, 0.5) is 18.9 Å². The predicted molar refractivity (Wildman–Crippen MR) is 95.5 cm³/mol. The Labute approximate surface area is 156 Å². The average molecular weight is 394 g/mol. The maximum absolute atomic E-state index is 13.1. The van der Waals surface area contributed by atoms with Crippen LogP contribution in [0.1, 0.15) is 35.7 Å². The Morgan fingerprint density at radius 2 is 1.96 bits per heavy atom. The Hall–Kier alpha value is -1.80. The van der Waals surface area contributed by atoms with Crippen LogP contribution in [0, 0.1) is 5.92 Å². The van der Waals surface area contributed by atoms with E-state index in [1.165, 1.54) is 13.0 Å². The molecule has 0 spiro atoms. The van der Waals surface area contributed by atoms with Gasteiger partial charge in [-0.3, -0.25) is 9.59 Å². The lowest BCUT2D eigenvalue weighted by atomic mass is 9.97. The number of nitrogens with zero attached hydrogens (tertiary/aromatic N) is 1. The van der Waals surface area contributed by atoms with Crippen LogP contribution in [0.25, 0.3) is 0 Å². The molecule has 1 atom stereocenters. The van der Waals surface area contributed by atoms with Crippen molar-refractivity contribution in [3.8, 4) is 0 Å². The summed E-state index contributed by atoms with van der Waals surface area (Å²) in [6, 6.07) is 2.97. The summed E-state index contributed by atoms with van der Waals surface area (Å²) in [6.07, 6.45) is -2.81. The number of halogens is 4. The molecule has 2 rings (SSSR count). The van der Waals surface area contributed by atoms with E-state index in [1.807, 2.05) is 7.05 Å². The number of alkyl halides is 3. The highest BCUT2D eigenvalue weighted by atomic mass is 35.5. The topological polar surface area (TPSA) is 61.4 Å². The second-order valence-electron chi connectivity index (χ2n) is 6.30. The molecule has 1 fully saturated rings. The van der Waals surface area contributed by atoms with E-state index in [1.54, 1.807) is 4.90 Å². The number of benzene rings is 1. The third-order valence-electron chi connectivity index (χ3n) is 4.13. The standard InChI is InChI=1S/C17H22F3N3O2.ClH/c1-11(24)22-15-7-13(6-14(8-15)17(18,19)20)16(25)23-5-3-4-12(10-23)9-21-2;/h6-8,12,21H,3-5,9-10H2,1-2H3,(H,22,24);1H. The lowest BCUT2D eigenvalue weighted by Gasteiger charge is -2.33. The highest BCUT2D eigenvalue weighted by molar-refractivity contribution is 5.97. The molecule has 1 aromatic carbocycles. The SMILES string of the molecule is CNCC1CCCN(C(=O)c2cc(NC(C)=O)cc(C(F)(F)F)c2)C1.Cl. The highest BCUT2D eigenvalue weighted by Gasteiger charge is 2.33. The number of anilines is 1. The van der Waals surface area contributed by atoms with Gasteiger partial charge < -0.3 is 15.5 Å². The van der Waals surface area contributed by atoms with Crippen LogP contribution < -0.4 is 10.6 Å². The van der Waals surface area contributed by atoms with Crippen molar-refractivity contribution in [3.63, 3.8) is 0 Å². The van der Waals surface area contributed by atoms with Gasteiger partial charge in [0.25, 0.3) is 5.91 Å². The van der Waals surface area contributed by atoms with Crippen LogP contribution in [0.5, 0.6) is 0 Å². The lowest BCUT2D eigenvalue weighted by Crippen LogP contribution is -2.42. The fourth-order valence-electron chi connectivity index (χ4n) is 3.08. The van der Waals surface area contributed by atoms with Gasteiger partial charge in [-0.1, -0.05) is 0 Å². The van der Waals surface area contributed by atoms with E-state index in [0.29, 0.717) is 13.1 Å². The van der Waals surface area contributed by atoms with Gasteiger partial charge in [0.15, 0.2) is 0 Å². The van der Waals surface area contributed by atoms with Gasteiger partial charge in [0, 0.05) is 31.3 Å². The van der Waals surface area contributed by atoms with E-state index >= 15 is 0 Å². The number of rotatable bonds is 4. The maximum Gasteiger partial charge on any atom is 0.416 e. The monoisotopic (exact) mass is 393 g/mol. The molecule has 0 saturated carbocycles. The second kappa shape index (κ2) is 9.23. The zero-order chi connectivity index (χ0) is 18.6. The van der Waals surface area contributed by atoms with E-state index in [-0.39, 0.29) is 29.6 Å². The minimum absolute atomic E-state index is 0. The first-order valence-electron chi connectivity index (χ1n) is 8.14. The largest absolute Gasteiger partial charge is 0.416 e.